The fraction of sp³-hybridized carbons (Fsp3) is 0.130. The van der Waals surface area contributed by atoms with Crippen molar-refractivity contribution >= 4 is 44.3 Å². The van der Waals surface area contributed by atoms with Crippen LogP contribution in [0.5, 0.6) is 0 Å². The lowest BCUT2D eigenvalue weighted by Crippen LogP contribution is -2.26. The number of carboxylic acids is 1. The molecule has 0 amide bonds. The molecule has 4 aromatic rings. The second kappa shape index (κ2) is 8.42. The second-order valence-electron chi connectivity index (χ2n) is 6.91. The number of fused-ring (bicyclic) bond motifs is 1. The van der Waals surface area contributed by atoms with Gasteiger partial charge in [-0.05, 0) is 48.4 Å². The van der Waals surface area contributed by atoms with E-state index in [0.717, 1.165) is 11.1 Å². The van der Waals surface area contributed by atoms with Crippen molar-refractivity contribution in [3.8, 4) is 0 Å². The van der Waals surface area contributed by atoms with E-state index in [2.05, 4.69) is 9.88 Å². The molecular formula is C23H18ClFN2O2S. The van der Waals surface area contributed by atoms with Gasteiger partial charge in [-0.2, -0.15) is 0 Å². The van der Waals surface area contributed by atoms with Crippen LogP contribution in [0.2, 0.25) is 5.02 Å². The van der Waals surface area contributed by atoms with E-state index in [9.17, 15) is 9.18 Å². The highest BCUT2D eigenvalue weighted by Crippen LogP contribution is 2.37. The average molecular weight is 441 g/mol. The predicted molar refractivity (Wildman–Crippen MR) is 119 cm³/mol. The topological polar surface area (TPSA) is 53.4 Å². The minimum Gasteiger partial charge on any atom is -0.478 e. The van der Waals surface area contributed by atoms with Gasteiger partial charge in [0.05, 0.1) is 21.8 Å². The maximum absolute atomic E-state index is 14.3. The quantitative estimate of drug-likeness (QED) is 0.369. The summed E-state index contributed by atoms with van der Waals surface area (Å²) in [6.45, 7) is 2.49. The Labute approximate surface area is 182 Å². The van der Waals surface area contributed by atoms with Gasteiger partial charge in [-0.1, -0.05) is 59.3 Å². The molecule has 0 bridgehead atoms. The first-order valence-corrected chi connectivity index (χ1v) is 10.5. The monoisotopic (exact) mass is 440 g/mol. The minimum absolute atomic E-state index is 0.138. The van der Waals surface area contributed by atoms with E-state index in [-0.39, 0.29) is 17.4 Å². The van der Waals surface area contributed by atoms with Crippen molar-refractivity contribution in [2.75, 3.05) is 4.90 Å². The fourth-order valence-corrected chi connectivity index (χ4v) is 4.67. The van der Waals surface area contributed by atoms with Gasteiger partial charge < -0.3 is 10.0 Å². The average Bonchev–Trinajstić information content (AvgIpc) is 3.17. The first-order chi connectivity index (χ1) is 14.4. The zero-order chi connectivity index (χ0) is 21.3. The molecule has 7 heteroatoms. The normalized spacial score (nSPS) is 12.1. The van der Waals surface area contributed by atoms with E-state index < -0.39 is 5.97 Å². The number of benzene rings is 3. The molecule has 0 radical (unpaired) electrons. The van der Waals surface area contributed by atoms with E-state index in [4.69, 9.17) is 16.7 Å². The van der Waals surface area contributed by atoms with Gasteiger partial charge in [0.2, 0.25) is 0 Å². The first kappa shape index (κ1) is 20.3. The summed E-state index contributed by atoms with van der Waals surface area (Å²) in [6, 6.07) is 19.0. The molecule has 0 saturated carbocycles. The fourth-order valence-electron chi connectivity index (χ4n) is 3.33. The number of anilines is 1. The van der Waals surface area contributed by atoms with Gasteiger partial charge >= 0.3 is 5.97 Å². The van der Waals surface area contributed by atoms with Crippen LogP contribution in [0.15, 0.2) is 66.7 Å². The van der Waals surface area contributed by atoms with E-state index >= 15 is 0 Å². The smallest absolute Gasteiger partial charge is 0.335 e. The predicted octanol–water partition coefficient (Wildman–Crippen LogP) is 6.55. The molecule has 0 aliphatic rings. The summed E-state index contributed by atoms with van der Waals surface area (Å²) in [7, 11) is 0. The number of aromatic carboxylic acids is 1. The summed E-state index contributed by atoms with van der Waals surface area (Å²) >= 11 is 7.74. The van der Waals surface area contributed by atoms with Gasteiger partial charge in [-0.15, -0.1) is 0 Å². The summed E-state index contributed by atoms with van der Waals surface area (Å²) in [5.74, 6) is -1.27. The molecule has 0 fully saturated rings. The maximum atomic E-state index is 14.3. The van der Waals surface area contributed by atoms with Crippen molar-refractivity contribution in [2.24, 2.45) is 0 Å². The number of rotatable bonds is 6. The van der Waals surface area contributed by atoms with Gasteiger partial charge in [0, 0.05) is 11.6 Å². The molecule has 4 nitrogen and oxygen atoms in total. The second-order valence-corrected chi connectivity index (χ2v) is 8.30. The lowest BCUT2D eigenvalue weighted by Gasteiger charge is -2.30. The van der Waals surface area contributed by atoms with Crippen LogP contribution in [0.3, 0.4) is 0 Å². The number of aromatic nitrogens is 1. The highest BCUT2D eigenvalue weighted by atomic mass is 35.5. The van der Waals surface area contributed by atoms with Crippen LogP contribution in [0, 0.1) is 5.82 Å². The van der Waals surface area contributed by atoms with E-state index in [0.29, 0.717) is 26.9 Å². The van der Waals surface area contributed by atoms with Crippen LogP contribution in [0.1, 0.15) is 34.5 Å². The summed E-state index contributed by atoms with van der Waals surface area (Å²) in [5.41, 5.74) is 2.68. The van der Waals surface area contributed by atoms with E-state index in [1.54, 1.807) is 36.4 Å². The molecule has 4 rings (SSSR count). The van der Waals surface area contributed by atoms with Gasteiger partial charge in [0.1, 0.15) is 5.82 Å². The van der Waals surface area contributed by atoms with Crippen molar-refractivity contribution < 1.29 is 14.3 Å². The molecule has 0 spiro atoms. The van der Waals surface area contributed by atoms with E-state index in [1.165, 1.54) is 17.4 Å². The Bertz CT molecular complexity index is 1210. The molecule has 0 aliphatic carbocycles. The van der Waals surface area contributed by atoms with E-state index in [1.807, 2.05) is 31.2 Å². The first-order valence-electron chi connectivity index (χ1n) is 9.32. The molecule has 1 N–H and O–H groups in total. The number of carboxylic acid groups (broad SMARTS) is 1. The summed E-state index contributed by atoms with van der Waals surface area (Å²) in [4.78, 5) is 17.9. The molecule has 1 unspecified atom stereocenters. The standard InChI is InChI=1S/C23H18ClFN2O2S/c1-14(17-5-2-3-6-18(17)24)27(13-15-9-11-16(12-10-15)22(28)29)23-26-20-8-4-7-19(25)21(20)30-23/h2-12,14H,13H2,1H3,(H,28,29). The van der Waals surface area contributed by atoms with Crippen molar-refractivity contribution in [3.63, 3.8) is 0 Å². The van der Waals surface area contributed by atoms with Crippen LogP contribution in [0.25, 0.3) is 10.2 Å². The van der Waals surface area contributed by atoms with Crippen molar-refractivity contribution in [2.45, 2.75) is 19.5 Å². The zero-order valence-electron chi connectivity index (χ0n) is 16.0. The Morgan fingerprint density at radius 2 is 1.87 bits per heavy atom. The Balaban J connectivity index is 1.76. The third-order valence-corrected chi connectivity index (χ3v) is 6.44. The van der Waals surface area contributed by atoms with Gasteiger partial charge in [-0.3, -0.25) is 0 Å². The maximum Gasteiger partial charge on any atom is 0.335 e. The summed E-state index contributed by atoms with van der Waals surface area (Å²) in [5, 5.41) is 10.5. The highest BCUT2D eigenvalue weighted by molar-refractivity contribution is 7.22. The lowest BCUT2D eigenvalue weighted by atomic mass is 10.1. The van der Waals surface area contributed by atoms with Crippen LogP contribution >= 0.6 is 22.9 Å². The Kier molecular flexibility index (Phi) is 5.70. The van der Waals surface area contributed by atoms with Crippen LogP contribution in [-0.2, 0) is 6.54 Å². The Morgan fingerprint density at radius 1 is 1.13 bits per heavy atom. The number of hydrogen-bond donors (Lipinski definition) is 1. The number of halogens is 2. The Hall–Kier alpha value is -2.96. The molecule has 1 atom stereocenters. The Morgan fingerprint density at radius 3 is 2.53 bits per heavy atom. The van der Waals surface area contributed by atoms with Gasteiger partial charge in [0.15, 0.2) is 5.13 Å². The molecule has 0 aliphatic heterocycles. The lowest BCUT2D eigenvalue weighted by molar-refractivity contribution is 0.0697. The minimum atomic E-state index is -0.968. The third kappa shape index (κ3) is 4.01. The number of thiazole rings is 1. The molecule has 152 valence electrons. The van der Waals surface area contributed by atoms with Crippen molar-refractivity contribution in [3.05, 3.63) is 94.3 Å². The number of carbonyl (C=O) groups is 1. The van der Waals surface area contributed by atoms with Gasteiger partial charge in [0.25, 0.3) is 0 Å². The van der Waals surface area contributed by atoms with Crippen LogP contribution in [-0.4, -0.2) is 16.1 Å². The molecule has 1 aromatic heterocycles. The summed E-state index contributed by atoms with van der Waals surface area (Å²) in [6.07, 6.45) is 0. The molecule has 30 heavy (non-hydrogen) atoms. The summed E-state index contributed by atoms with van der Waals surface area (Å²) < 4.78 is 14.8. The zero-order valence-corrected chi connectivity index (χ0v) is 17.6. The van der Waals surface area contributed by atoms with Crippen molar-refractivity contribution in [1.29, 1.82) is 0 Å². The number of hydrogen-bond acceptors (Lipinski definition) is 4. The van der Waals surface area contributed by atoms with Crippen molar-refractivity contribution in [1.82, 2.24) is 4.98 Å². The van der Waals surface area contributed by atoms with Crippen LogP contribution in [0.4, 0.5) is 9.52 Å². The van der Waals surface area contributed by atoms with Crippen LogP contribution < -0.4 is 4.90 Å². The molecule has 1 heterocycles. The molecule has 0 saturated heterocycles. The van der Waals surface area contributed by atoms with Gasteiger partial charge in [-0.25, -0.2) is 14.2 Å². The molecule has 3 aromatic carbocycles. The number of nitrogens with zero attached hydrogens (tertiary/aromatic N) is 2. The largest absolute Gasteiger partial charge is 0.478 e. The third-order valence-electron chi connectivity index (χ3n) is 4.98. The highest BCUT2D eigenvalue weighted by Gasteiger charge is 2.23. The SMILES string of the molecule is CC(c1ccccc1Cl)N(Cc1ccc(C(=O)O)cc1)c1nc2cccc(F)c2s1. The molecular weight excluding hydrogens is 423 g/mol.